The van der Waals surface area contributed by atoms with Gasteiger partial charge in [-0.25, -0.2) is 4.79 Å². The highest BCUT2D eigenvalue weighted by Gasteiger charge is 2.35. The van der Waals surface area contributed by atoms with Crippen molar-refractivity contribution >= 4 is 27.9 Å². The molecule has 1 aliphatic carbocycles. The smallest absolute Gasteiger partial charge is 0.235 e. The van der Waals surface area contributed by atoms with Crippen molar-refractivity contribution in [3.8, 4) is 0 Å². The first-order chi connectivity index (χ1) is 11.3. The van der Waals surface area contributed by atoms with Crippen LogP contribution in [-0.4, -0.2) is 10.6 Å². The fraction of sp³-hybridized carbons (Fsp3) is 0.350. The molecule has 116 valence electrons. The molecule has 0 spiro atoms. The molecule has 0 unspecified atom stereocenters. The van der Waals surface area contributed by atoms with Crippen LogP contribution < -0.4 is 0 Å². The molecule has 1 saturated carbocycles. The molecule has 1 aromatic heterocycles. The molecule has 0 saturated heterocycles. The van der Waals surface area contributed by atoms with Gasteiger partial charge in [0.25, 0.3) is 0 Å². The molecule has 0 atom stereocenters. The summed E-state index contributed by atoms with van der Waals surface area (Å²) in [4.78, 5) is 15.2. The lowest BCUT2D eigenvalue weighted by Crippen LogP contribution is -2.18. The Kier molecular flexibility index (Phi) is 3.32. The number of fused-ring (bicyclic) bond motifs is 3. The third-order valence-electron chi connectivity index (χ3n) is 5.32. The average Bonchev–Trinajstić information content (AvgIpc) is 3.18. The van der Waals surface area contributed by atoms with Gasteiger partial charge in [-0.15, -0.1) is 0 Å². The van der Waals surface area contributed by atoms with Crippen LogP contribution >= 0.6 is 0 Å². The maximum Gasteiger partial charge on any atom is 0.235 e. The van der Waals surface area contributed by atoms with Gasteiger partial charge in [-0.1, -0.05) is 37.1 Å². The summed E-state index contributed by atoms with van der Waals surface area (Å²) >= 11 is 0. The number of aromatic nitrogens is 1. The molecule has 3 nitrogen and oxygen atoms in total. The number of aliphatic imine (C=N–C) groups is 1. The van der Waals surface area contributed by atoms with E-state index in [1.165, 1.54) is 21.8 Å². The molecule has 0 radical (unpaired) electrons. The lowest BCUT2D eigenvalue weighted by molar-refractivity contribution is 0.456. The summed E-state index contributed by atoms with van der Waals surface area (Å²) in [7, 11) is 0. The summed E-state index contributed by atoms with van der Waals surface area (Å²) in [5, 5.41) is 2.53. The van der Waals surface area contributed by atoms with Gasteiger partial charge in [0, 0.05) is 28.4 Å². The van der Waals surface area contributed by atoms with Gasteiger partial charge in [0.05, 0.1) is 5.54 Å². The van der Waals surface area contributed by atoms with Crippen molar-refractivity contribution in [1.29, 1.82) is 0 Å². The van der Waals surface area contributed by atoms with Crippen LogP contribution in [0.3, 0.4) is 0 Å². The number of para-hydroxylation sites is 1. The molecule has 3 heteroatoms. The predicted molar refractivity (Wildman–Crippen MR) is 93.4 cm³/mol. The molecule has 2 aromatic carbocycles. The van der Waals surface area contributed by atoms with E-state index in [0.717, 1.165) is 37.8 Å². The number of hydrogen-bond donors (Lipinski definition) is 0. The van der Waals surface area contributed by atoms with Gasteiger partial charge in [-0.3, -0.25) is 0 Å². The van der Waals surface area contributed by atoms with E-state index in [9.17, 15) is 4.79 Å². The molecule has 1 heterocycles. The highest BCUT2D eigenvalue weighted by molar-refractivity contribution is 6.08. The Bertz CT molecular complexity index is 925. The second-order valence-electron chi connectivity index (χ2n) is 6.44. The van der Waals surface area contributed by atoms with Crippen molar-refractivity contribution in [1.82, 2.24) is 4.57 Å². The minimum Gasteiger partial charge on any atom is -0.341 e. The fourth-order valence-electron chi connectivity index (χ4n) is 4.20. The van der Waals surface area contributed by atoms with E-state index in [0.29, 0.717) is 0 Å². The Labute approximate surface area is 135 Å². The van der Waals surface area contributed by atoms with Crippen LogP contribution in [0, 0.1) is 0 Å². The number of benzene rings is 2. The molecule has 23 heavy (non-hydrogen) atoms. The molecular weight excluding hydrogens is 284 g/mol. The first-order valence-electron chi connectivity index (χ1n) is 8.39. The van der Waals surface area contributed by atoms with E-state index in [2.05, 4.69) is 58.9 Å². The van der Waals surface area contributed by atoms with E-state index in [1.54, 1.807) is 0 Å². The molecule has 0 aliphatic heterocycles. The number of carbonyl (C=O) groups excluding carboxylic acids is 1. The highest BCUT2D eigenvalue weighted by atomic mass is 16.1. The Balaban J connectivity index is 2.01. The Morgan fingerprint density at radius 1 is 1.09 bits per heavy atom. The van der Waals surface area contributed by atoms with Crippen LogP contribution in [0.2, 0.25) is 0 Å². The van der Waals surface area contributed by atoms with Crippen LogP contribution in [0.15, 0.2) is 47.5 Å². The Hall–Kier alpha value is -2.38. The molecule has 1 fully saturated rings. The summed E-state index contributed by atoms with van der Waals surface area (Å²) in [5.41, 5.74) is 3.32. The minimum absolute atomic E-state index is 0.356. The van der Waals surface area contributed by atoms with Gasteiger partial charge in [-0.2, -0.15) is 4.99 Å². The molecule has 3 aromatic rings. The van der Waals surface area contributed by atoms with E-state index in [1.807, 2.05) is 6.08 Å². The quantitative estimate of drug-likeness (QED) is 0.499. The highest BCUT2D eigenvalue weighted by Crippen LogP contribution is 2.43. The van der Waals surface area contributed by atoms with Crippen molar-refractivity contribution in [3.63, 3.8) is 0 Å². The van der Waals surface area contributed by atoms with Gasteiger partial charge in [0.15, 0.2) is 0 Å². The van der Waals surface area contributed by atoms with Crippen molar-refractivity contribution in [2.24, 2.45) is 4.99 Å². The zero-order valence-electron chi connectivity index (χ0n) is 13.4. The van der Waals surface area contributed by atoms with Crippen LogP contribution in [0.4, 0.5) is 0 Å². The Morgan fingerprint density at radius 2 is 1.83 bits per heavy atom. The van der Waals surface area contributed by atoms with Crippen molar-refractivity contribution in [2.75, 3.05) is 0 Å². The normalized spacial score (nSPS) is 16.7. The van der Waals surface area contributed by atoms with Crippen LogP contribution in [-0.2, 0) is 16.9 Å². The monoisotopic (exact) mass is 304 g/mol. The topological polar surface area (TPSA) is 34.4 Å². The van der Waals surface area contributed by atoms with E-state index < -0.39 is 0 Å². The summed E-state index contributed by atoms with van der Waals surface area (Å²) < 4.78 is 2.35. The molecule has 1 aliphatic rings. The number of nitrogens with zero attached hydrogens (tertiary/aromatic N) is 2. The molecule has 0 amide bonds. The third kappa shape index (κ3) is 2.04. The lowest BCUT2D eigenvalue weighted by Gasteiger charge is -2.23. The van der Waals surface area contributed by atoms with Crippen molar-refractivity contribution in [3.05, 3.63) is 48.0 Å². The van der Waals surface area contributed by atoms with E-state index >= 15 is 0 Å². The van der Waals surface area contributed by atoms with Crippen LogP contribution in [0.5, 0.6) is 0 Å². The summed E-state index contributed by atoms with van der Waals surface area (Å²) in [6.07, 6.45) is 5.96. The van der Waals surface area contributed by atoms with Gasteiger partial charge in [0.1, 0.15) is 0 Å². The number of isocyanates is 1. The first kappa shape index (κ1) is 14.2. The zero-order chi connectivity index (χ0) is 15.9. The van der Waals surface area contributed by atoms with Crippen LogP contribution in [0.1, 0.15) is 38.2 Å². The minimum atomic E-state index is -0.356. The largest absolute Gasteiger partial charge is 0.341 e. The van der Waals surface area contributed by atoms with Crippen LogP contribution in [0.25, 0.3) is 21.8 Å². The average molecular weight is 304 g/mol. The Morgan fingerprint density at radius 3 is 2.57 bits per heavy atom. The standard InChI is InChI=1S/C20H20N2O/c1-2-22-18-8-4-3-7-16(18)17-13-15(9-10-19(17)22)20(21-14-23)11-5-6-12-20/h3-4,7-10,13H,2,5-6,11-12H2,1H3. The maximum atomic E-state index is 11.0. The number of hydrogen-bond acceptors (Lipinski definition) is 2. The van der Waals surface area contributed by atoms with Gasteiger partial charge < -0.3 is 4.57 Å². The molecular formula is C20H20N2O. The maximum absolute atomic E-state index is 11.0. The van der Waals surface area contributed by atoms with Gasteiger partial charge >= 0.3 is 0 Å². The SMILES string of the molecule is CCn1c2ccccc2c2cc(C3(N=C=O)CCCC3)ccc21. The van der Waals surface area contributed by atoms with Gasteiger partial charge in [0.2, 0.25) is 6.08 Å². The van der Waals surface area contributed by atoms with Crippen molar-refractivity contribution < 1.29 is 4.79 Å². The molecule has 0 bridgehead atoms. The second-order valence-corrected chi connectivity index (χ2v) is 6.44. The lowest BCUT2D eigenvalue weighted by atomic mass is 9.88. The third-order valence-corrected chi connectivity index (χ3v) is 5.32. The van der Waals surface area contributed by atoms with E-state index in [-0.39, 0.29) is 5.54 Å². The van der Waals surface area contributed by atoms with Crippen molar-refractivity contribution in [2.45, 2.75) is 44.7 Å². The molecule has 4 rings (SSSR count). The van der Waals surface area contributed by atoms with Gasteiger partial charge in [-0.05, 0) is 43.5 Å². The summed E-state index contributed by atoms with van der Waals surface area (Å²) in [6.45, 7) is 3.12. The summed E-state index contributed by atoms with van der Waals surface area (Å²) in [6, 6.07) is 15.1. The molecule has 0 N–H and O–H groups in total. The first-order valence-corrected chi connectivity index (χ1v) is 8.39. The van der Waals surface area contributed by atoms with E-state index in [4.69, 9.17) is 0 Å². The fourth-order valence-corrected chi connectivity index (χ4v) is 4.20. The number of aryl methyl sites for hydroxylation is 1. The number of rotatable bonds is 3. The zero-order valence-corrected chi connectivity index (χ0v) is 13.4. The second kappa shape index (κ2) is 5.36. The summed E-state index contributed by atoms with van der Waals surface area (Å²) in [5.74, 6) is 0. The predicted octanol–water partition coefficient (Wildman–Crippen LogP) is 4.92.